The third-order valence-corrected chi connectivity index (χ3v) is 12.1. The van der Waals surface area contributed by atoms with E-state index in [4.69, 9.17) is 14.2 Å². The van der Waals surface area contributed by atoms with Gasteiger partial charge in [0.2, 0.25) is 0 Å². The summed E-state index contributed by atoms with van der Waals surface area (Å²) in [4.78, 5) is 38.1. The van der Waals surface area contributed by atoms with E-state index in [2.05, 4.69) is 118 Å². The lowest BCUT2D eigenvalue weighted by Crippen LogP contribution is -2.30. The van der Waals surface area contributed by atoms with Gasteiger partial charge in [0, 0.05) is 19.3 Å². The molecule has 0 spiro atoms. The van der Waals surface area contributed by atoms with Crippen molar-refractivity contribution in [2.24, 2.45) is 0 Å². The second-order valence-corrected chi connectivity index (χ2v) is 18.8. The summed E-state index contributed by atoms with van der Waals surface area (Å²) < 4.78 is 16.8. The van der Waals surface area contributed by atoms with E-state index >= 15 is 0 Å². The van der Waals surface area contributed by atoms with E-state index < -0.39 is 6.10 Å². The number of rotatable bonds is 51. The summed E-state index contributed by atoms with van der Waals surface area (Å²) in [6, 6.07) is 0. The number of carbonyl (C=O) groups excluding carboxylic acids is 3. The molecule has 0 heterocycles. The van der Waals surface area contributed by atoms with Gasteiger partial charge in [-0.1, -0.05) is 240 Å². The molecule has 0 aromatic heterocycles. The van der Waals surface area contributed by atoms with Crippen LogP contribution in [0.4, 0.5) is 0 Å². The van der Waals surface area contributed by atoms with Crippen LogP contribution in [0.5, 0.6) is 0 Å². The van der Waals surface area contributed by atoms with Crippen molar-refractivity contribution in [1.82, 2.24) is 0 Å². The molecule has 0 aromatic rings. The maximum Gasteiger partial charge on any atom is 0.306 e. The van der Waals surface area contributed by atoms with Gasteiger partial charge in [0.05, 0.1) is 0 Å². The molecule has 0 aliphatic carbocycles. The standard InChI is InChI=1S/C63H106O6/c1-4-7-10-13-16-19-22-24-26-27-28-29-30-31-32-33-34-35-37-38-41-44-47-50-53-56-62(65)68-59-60(58-67-61(64)55-52-49-46-43-40-21-18-15-12-9-6-3)69-63(66)57-54-51-48-45-42-39-36-25-23-20-17-14-11-8-5-2/h7,10,16-17,19-20,24-26,28-29,31-32,34-36,60H,4-6,8-9,11-15,18,21-23,27,30,33,37-59H2,1-3H3/b10-7-,19-16-,20-17-,26-24-,29-28-,32-31-,35-34-,36-25-. The van der Waals surface area contributed by atoms with Crippen molar-refractivity contribution in [3.63, 3.8) is 0 Å². The van der Waals surface area contributed by atoms with Crippen LogP contribution in [0.1, 0.15) is 265 Å². The van der Waals surface area contributed by atoms with Crippen LogP contribution < -0.4 is 0 Å². The summed E-state index contributed by atoms with van der Waals surface area (Å²) >= 11 is 0. The fourth-order valence-corrected chi connectivity index (χ4v) is 7.77. The maximum absolute atomic E-state index is 12.8. The highest BCUT2D eigenvalue weighted by Gasteiger charge is 2.19. The maximum atomic E-state index is 12.8. The van der Waals surface area contributed by atoms with Gasteiger partial charge in [-0.2, -0.15) is 0 Å². The minimum absolute atomic E-state index is 0.0867. The molecular weight excluding hydrogens is 853 g/mol. The van der Waals surface area contributed by atoms with E-state index in [1.165, 1.54) is 89.9 Å². The van der Waals surface area contributed by atoms with Gasteiger partial charge < -0.3 is 14.2 Å². The fraction of sp³-hybridized carbons (Fsp3) is 0.698. The Morgan fingerprint density at radius 3 is 0.913 bits per heavy atom. The highest BCUT2D eigenvalue weighted by Crippen LogP contribution is 2.15. The van der Waals surface area contributed by atoms with Crippen LogP contribution in [0, 0.1) is 0 Å². The van der Waals surface area contributed by atoms with E-state index in [1.807, 2.05) is 0 Å². The molecule has 0 amide bonds. The van der Waals surface area contributed by atoms with E-state index in [0.717, 1.165) is 135 Å². The minimum Gasteiger partial charge on any atom is -0.462 e. The number of allylic oxidation sites excluding steroid dienone is 16. The molecule has 0 radical (unpaired) electrons. The van der Waals surface area contributed by atoms with Crippen molar-refractivity contribution in [3.05, 3.63) is 97.2 Å². The topological polar surface area (TPSA) is 78.9 Å². The molecule has 0 aliphatic heterocycles. The van der Waals surface area contributed by atoms with Gasteiger partial charge in [-0.05, 0) is 103 Å². The zero-order chi connectivity index (χ0) is 50.0. The molecule has 0 saturated heterocycles. The van der Waals surface area contributed by atoms with Gasteiger partial charge in [0.25, 0.3) is 0 Å². The van der Waals surface area contributed by atoms with Crippen LogP contribution in [0.3, 0.4) is 0 Å². The zero-order valence-electron chi connectivity index (χ0n) is 45.0. The number of carbonyl (C=O) groups is 3. The first kappa shape index (κ1) is 65.3. The molecule has 0 saturated carbocycles. The van der Waals surface area contributed by atoms with Crippen LogP contribution in [0.25, 0.3) is 0 Å². The van der Waals surface area contributed by atoms with Crippen LogP contribution in [0.2, 0.25) is 0 Å². The Bertz CT molecular complexity index is 1380. The second-order valence-electron chi connectivity index (χ2n) is 18.8. The molecule has 0 fully saturated rings. The van der Waals surface area contributed by atoms with Crippen molar-refractivity contribution in [1.29, 1.82) is 0 Å². The molecular formula is C63H106O6. The Morgan fingerprint density at radius 2 is 0.565 bits per heavy atom. The highest BCUT2D eigenvalue weighted by molar-refractivity contribution is 5.71. The van der Waals surface area contributed by atoms with Gasteiger partial charge in [-0.3, -0.25) is 14.4 Å². The summed E-state index contributed by atoms with van der Waals surface area (Å²) in [6.07, 6.45) is 75.4. The second kappa shape index (κ2) is 56.9. The van der Waals surface area contributed by atoms with Gasteiger partial charge in [-0.15, -0.1) is 0 Å². The van der Waals surface area contributed by atoms with Crippen LogP contribution in [-0.2, 0) is 28.6 Å². The van der Waals surface area contributed by atoms with E-state index in [9.17, 15) is 14.4 Å². The Labute approximate surface area is 426 Å². The first-order valence-electron chi connectivity index (χ1n) is 28.7. The van der Waals surface area contributed by atoms with E-state index in [0.29, 0.717) is 19.3 Å². The summed E-state index contributed by atoms with van der Waals surface area (Å²) in [6.45, 7) is 6.47. The number of hydrogen-bond donors (Lipinski definition) is 0. The van der Waals surface area contributed by atoms with Gasteiger partial charge >= 0.3 is 17.9 Å². The third kappa shape index (κ3) is 55.1. The van der Waals surface area contributed by atoms with Crippen LogP contribution in [0.15, 0.2) is 97.2 Å². The van der Waals surface area contributed by atoms with Crippen molar-refractivity contribution in [3.8, 4) is 0 Å². The van der Waals surface area contributed by atoms with Crippen LogP contribution in [-0.4, -0.2) is 37.2 Å². The lowest BCUT2D eigenvalue weighted by molar-refractivity contribution is -0.167. The Morgan fingerprint density at radius 1 is 0.304 bits per heavy atom. The Hall–Kier alpha value is -3.67. The molecule has 0 N–H and O–H groups in total. The molecule has 0 rings (SSSR count). The average molecular weight is 960 g/mol. The third-order valence-electron chi connectivity index (χ3n) is 12.1. The smallest absolute Gasteiger partial charge is 0.306 e. The SMILES string of the molecule is CC/C=C\C/C=C\C/C=C\C/C=C\C/C=C\C/C=C\CCCCCCCCC(=O)OCC(COC(=O)CCCCCCCCCCCCC)OC(=O)CCCCCCC/C=C\C/C=C\CCCCC. The highest BCUT2D eigenvalue weighted by atomic mass is 16.6. The normalized spacial score (nSPS) is 12.8. The molecule has 0 bridgehead atoms. The minimum atomic E-state index is -0.790. The molecule has 6 heteroatoms. The molecule has 1 atom stereocenters. The largest absolute Gasteiger partial charge is 0.462 e. The molecule has 0 aromatic carbocycles. The predicted molar refractivity (Wildman–Crippen MR) is 297 cm³/mol. The molecule has 1 unspecified atom stereocenters. The molecule has 394 valence electrons. The molecule has 6 nitrogen and oxygen atoms in total. The first-order chi connectivity index (χ1) is 34.0. The Balaban J connectivity index is 4.35. The summed E-state index contributed by atoms with van der Waals surface area (Å²) in [5, 5.41) is 0. The fourth-order valence-electron chi connectivity index (χ4n) is 7.77. The molecule has 69 heavy (non-hydrogen) atoms. The summed E-state index contributed by atoms with van der Waals surface area (Å²) in [7, 11) is 0. The summed E-state index contributed by atoms with van der Waals surface area (Å²) in [5.41, 5.74) is 0. The van der Waals surface area contributed by atoms with E-state index in [-0.39, 0.29) is 31.1 Å². The van der Waals surface area contributed by atoms with Crippen molar-refractivity contribution < 1.29 is 28.6 Å². The number of hydrogen-bond acceptors (Lipinski definition) is 6. The van der Waals surface area contributed by atoms with Crippen LogP contribution >= 0.6 is 0 Å². The number of unbranched alkanes of at least 4 members (excludes halogenated alkanes) is 24. The van der Waals surface area contributed by atoms with Gasteiger partial charge in [-0.25, -0.2) is 0 Å². The predicted octanol–water partition coefficient (Wildman–Crippen LogP) is 19.3. The van der Waals surface area contributed by atoms with Crippen molar-refractivity contribution >= 4 is 17.9 Å². The zero-order valence-corrected chi connectivity index (χ0v) is 45.0. The monoisotopic (exact) mass is 959 g/mol. The quantitative estimate of drug-likeness (QED) is 0.0262. The van der Waals surface area contributed by atoms with Crippen molar-refractivity contribution in [2.75, 3.05) is 13.2 Å². The van der Waals surface area contributed by atoms with Gasteiger partial charge in [0.15, 0.2) is 6.10 Å². The summed E-state index contributed by atoms with van der Waals surface area (Å²) in [5.74, 6) is -0.914. The number of esters is 3. The van der Waals surface area contributed by atoms with Crippen molar-refractivity contribution in [2.45, 2.75) is 271 Å². The lowest BCUT2D eigenvalue weighted by Gasteiger charge is -2.18. The number of ether oxygens (including phenoxy) is 3. The Kier molecular flexibility index (Phi) is 53.9. The first-order valence-corrected chi connectivity index (χ1v) is 28.7. The molecule has 0 aliphatic rings. The van der Waals surface area contributed by atoms with E-state index in [1.54, 1.807) is 0 Å². The average Bonchev–Trinajstić information content (AvgIpc) is 3.35. The lowest BCUT2D eigenvalue weighted by atomic mass is 10.1. The van der Waals surface area contributed by atoms with Gasteiger partial charge in [0.1, 0.15) is 13.2 Å².